The Kier molecular flexibility index (Phi) is 6.76. The van der Waals surface area contributed by atoms with E-state index in [2.05, 4.69) is 26.2 Å². The van der Waals surface area contributed by atoms with Gasteiger partial charge in [0.25, 0.3) is 5.91 Å². The van der Waals surface area contributed by atoms with Crippen LogP contribution in [0.25, 0.3) is 0 Å². The Morgan fingerprint density at radius 3 is 3.00 bits per heavy atom. The van der Waals surface area contributed by atoms with E-state index >= 15 is 0 Å². The van der Waals surface area contributed by atoms with Gasteiger partial charge in [-0.1, -0.05) is 6.07 Å². The summed E-state index contributed by atoms with van der Waals surface area (Å²) in [5.41, 5.74) is 0.385. The van der Waals surface area contributed by atoms with Crippen molar-refractivity contribution in [2.45, 2.75) is 6.42 Å². The Bertz CT molecular complexity index is 360. The number of aliphatic hydroxyl groups is 1. The van der Waals surface area contributed by atoms with Crippen LogP contribution in [-0.4, -0.2) is 42.4 Å². The fraction of sp³-hybridized carbons (Fsp3) is 0.455. The largest absolute Gasteiger partial charge is 0.394 e. The van der Waals surface area contributed by atoms with Crippen molar-refractivity contribution < 1.29 is 14.6 Å². The first kappa shape index (κ1) is 14.1. The molecule has 1 aromatic heterocycles. The van der Waals surface area contributed by atoms with Crippen LogP contribution < -0.4 is 5.32 Å². The number of halogens is 1. The summed E-state index contributed by atoms with van der Waals surface area (Å²) in [6, 6.07) is 5.18. The van der Waals surface area contributed by atoms with Gasteiger partial charge in [-0.05, 0) is 34.5 Å². The molecular formula is C11H15BrN2O3. The SMILES string of the molecule is O=C(NCCCOCCO)c1cccc(Br)n1. The molecule has 2 N–H and O–H groups in total. The van der Waals surface area contributed by atoms with E-state index in [0.717, 1.165) is 0 Å². The van der Waals surface area contributed by atoms with Gasteiger partial charge < -0.3 is 15.2 Å². The van der Waals surface area contributed by atoms with Crippen LogP contribution in [0.1, 0.15) is 16.9 Å². The van der Waals surface area contributed by atoms with E-state index in [1.165, 1.54) is 0 Å². The van der Waals surface area contributed by atoms with Gasteiger partial charge in [0.05, 0.1) is 13.2 Å². The third-order valence-corrected chi connectivity index (χ3v) is 2.38. The maximum Gasteiger partial charge on any atom is 0.269 e. The van der Waals surface area contributed by atoms with Crippen molar-refractivity contribution in [3.8, 4) is 0 Å². The average molecular weight is 303 g/mol. The maximum atomic E-state index is 11.6. The third kappa shape index (κ3) is 5.76. The Labute approximate surface area is 108 Å². The van der Waals surface area contributed by atoms with Gasteiger partial charge in [0.15, 0.2) is 0 Å². The number of nitrogens with one attached hydrogen (secondary N) is 1. The lowest BCUT2D eigenvalue weighted by Gasteiger charge is -2.05. The first-order chi connectivity index (χ1) is 8.24. The van der Waals surface area contributed by atoms with Crippen LogP contribution in [0.5, 0.6) is 0 Å². The van der Waals surface area contributed by atoms with Crippen LogP contribution in [0, 0.1) is 0 Å². The first-order valence-electron chi connectivity index (χ1n) is 5.33. The molecule has 1 rings (SSSR count). The van der Waals surface area contributed by atoms with Crippen LogP contribution >= 0.6 is 15.9 Å². The summed E-state index contributed by atoms with van der Waals surface area (Å²) < 4.78 is 5.70. The molecule has 0 saturated heterocycles. The molecular weight excluding hydrogens is 288 g/mol. The number of aliphatic hydroxyl groups excluding tert-OH is 1. The average Bonchev–Trinajstić information content (AvgIpc) is 2.33. The zero-order valence-corrected chi connectivity index (χ0v) is 10.9. The molecule has 0 aliphatic rings. The molecule has 0 fully saturated rings. The second kappa shape index (κ2) is 8.16. The van der Waals surface area contributed by atoms with Crippen molar-refractivity contribution in [3.63, 3.8) is 0 Å². The van der Waals surface area contributed by atoms with Gasteiger partial charge in [-0.3, -0.25) is 4.79 Å². The van der Waals surface area contributed by atoms with E-state index in [4.69, 9.17) is 9.84 Å². The van der Waals surface area contributed by atoms with Gasteiger partial charge >= 0.3 is 0 Å². The second-order valence-electron chi connectivity index (χ2n) is 3.29. The highest BCUT2D eigenvalue weighted by Gasteiger charge is 2.05. The molecule has 0 aromatic carbocycles. The lowest BCUT2D eigenvalue weighted by atomic mass is 10.3. The minimum absolute atomic E-state index is 0.0221. The predicted octanol–water partition coefficient (Wildman–Crippen LogP) is 0.973. The summed E-state index contributed by atoms with van der Waals surface area (Å²) in [6.07, 6.45) is 0.708. The number of ether oxygens (including phenoxy) is 1. The molecule has 0 aliphatic heterocycles. The van der Waals surface area contributed by atoms with Crippen molar-refractivity contribution in [2.75, 3.05) is 26.4 Å². The van der Waals surface area contributed by atoms with Crippen LogP contribution in [-0.2, 0) is 4.74 Å². The lowest BCUT2D eigenvalue weighted by Crippen LogP contribution is -2.26. The number of rotatable bonds is 7. The molecule has 0 spiro atoms. The minimum Gasteiger partial charge on any atom is -0.394 e. The molecule has 0 radical (unpaired) electrons. The number of amides is 1. The fourth-order valence-corrected chi connectivity index (χ4v) is 1.51. The van der Waals surface area contributed by atoms with Crippen molar-refractivity contribution in [2.24, 2.45) is 0 Å². The molecule has 0 aliphatic carbocycles. The predicted molar refractivity (Wildman–Crippen MR) is 66.8 cm³/mol. The normalized spacial score (nSPS) is 10.2. The van der Waals surface area contributed by atoms with E-state index in [0.29, 0.717) is 36.5 Å². The molecule has 0 saturated carbocycles. The number of hydrogen-bond acceptors (Lipinski definition) is 4. The second-order valence-corrected chi connectivity index (χ2v) is 4.10. The standard InChI is InChI=1S/C11H15BrN2O3/c12-10-4-1-3-9(14-10)11(16)13-5-2-7-17-8-6-15/h1,3-4,15H,2,5-8H2,(H,13,16). The molecule has 0 atom stereocenters. The molecule has 1 amide bonds. The molecule has 1 heterocycles. The van der Waals surface area contributed by atoms with E-state index in [-0.39, 0.29) is 12.5 Å². The van der Waals surface area contributed by atoms with Crippen LogP contribution in [0.2, 0.25) is 0 Å². The minimum atomic E-state index is -0.201. The highest BCUT2D eigenvalue weighted by Crippen LogP contribution is 2.05. The van der Waals surface area contributed by atoms with Crippen molar-refractivity contribution in [3.05, 3.63) is 28.5 Å². The zero-order chi connectivity index (χ0) is 12.5. The zero-order valence-electron chi connectivity index (χ0n) is 9.36. The number of hydrogen-bond donors (Lipinski definition) is 2. The van der Waals surface area contributed by atoms with Gasteiger partial charge in [-0.2, -0.15) is 0 Å². The number of carbonyl (C=O) groups excluding carboxylic acids is 1. The van der Waals surface area contributed by atoms with Gasteiger partial charge in [-0.25, -0.2) is 4.98 Å². The highest BCUT2D eigenvalue weighted by molar-refractivity contribution is 9.10. The van der Waals surface area contributed by atoms with Crippen molar-refractivity contribution >= 4 is 21.8 Å². The lowest BCUT2D eigenvalue weighted by molar-refractivity contribution is 0.0865. The number of nitrogens with zero attached hydrogens (tertiary/aromatic N) is 1. The smallest absolute Gasteiger partial charge is 0.269 e. The summed E-state index contributed by atoms with van der Waals surface area (Å²) in [5, 5.41) is 11.2. The third-order valence-electron chi connectivity index (χ3n) is 1.93. The molecule has 94 valence electrons. The Balaban J connectivity index is 2.21. The summed E-state index contributed by atoms with van der Waals surface area (Å²) in [7, 11) is 0. The quantitative estimate of drug-likeness (QED) is 0.582. The van der Waals surface area contributed by atoms with E-state index < -0.39 is 0 Å². The molecule has 1 aromatic rings. The van der Waals surface area contributed by atoms with Gasteiger partial charge in [0.1, 0.15) is 10.3 Å². The maximum absolute atomic E-state index is 11.6. The summed E-state index contributed by atoms with van der Waals surface area (Å²) in [5.74, 6) is -0.201. The molecule has 6 heteroatoms. The highest BCUT2D eigenvalue weighted by atomic mass is 79.9. The van der Waals surface area contributed by atoms with Gasteiger partial charge in [-0.15, -0.1) is 0 Å². The monoisotopic (exact) mass is 302 g/mol. The van der Waals surface area contributed by atoms with E-state index in [1.54, 1.807) is 18.2 Å². The van der Waals surface area contributed by atoms with Crippen LogP contribution in [0.15, 0.2) is 22.8 Å². The molecule has 17 heavy (non-hydrogen) atoms. The van der Waals surface area contributed by atoms with E-state index in [1.807, 2.05) is 0 Å². The van der Waals surface area contributed by atoms with Crippen molar-refractivity contribution in [1.82, 2.24) is 10.3 Å². The fourth-order valence-electron chi connectivity index (χ4n) is 1.17. The van der Waals surface area contributed by atoms with Gasteiger partial charge in [0.2, 0.25) is 0 Å². The van der Waals surface area contributed by atoms with Crippen LogP contribution in [0.3, 0.4) is 0 Å². The number of carbonyl (C=O) groups is 1. The Morgan fingerprint density at radius 1 is 1.47 bits per heavy atom. The van der Waals surface area contributed by atoms with Crippen molar-refractivity contribution in [1.29, 1.82) is 0 Å². The molecule has 0 bridgehead atoms. The summed E-state index contributed by atoms with van der Waals surface area (Å²) in [6.45, 7) is 1.40. The van der Waals surface area contributed by atoms with Gasteiger partial charge in [0, 0.05) is 13.2 Å². The Morgan fingerprint density at radius 2 is 2.29 bits per heavy atom. The van der Waals surface area contributed by atoms with E-state index in [9.17, 15) is 4.79 Å². The topological polar surface area (TPSA) is 71.5 Å². The number of aromatic nitrogens is 1. The molecule has 0 unspecified atom stereocenters. The first-order valence-corrected chi connectivity index (χ1v) is 6.12. The molecule has 5 nitrogen and oxygen atoms in total. The number of pyridine rings is 1. The summed E-state index contributed by atoms with van der Waals surface area (Å²) in [4.78, 5) is 15.7. The Hall–Kier alpha value is -0.980. The van der Waals surface area contributed by atoms with Crippen LogP contribution in [0.4, 0.5) is 0 Å². The summed E-state index contributed by atoms with van der Waals surface area (Å²) >= 11 is 3.21.